The number of aromatic nitrogens is 2. The monoisotopic (exact) mass is 285 g/mol. The average Bonchev–Trinajstić information content (AvgIpc) is 2.44. The molecule has 3 rings (SSSR count). The van der Waals surface area contributed by atoms with Gasteiger partial charge in [-0.15, -0.1) is 0 Å². The molecule has 1 aliphatic rings. The lowest BCUT2D eigenvalue weighted by atomic mass is 10.1. The molecule has 1 N–H and O–H groups in total. The predicted molar refractivity (Wildman–Crippen MR) is 76.4 cm³/mol. The third kappa shape index (κ3) is 2.79. The van der Waals surface area contributed by atoms with Crippen molar-refractivity contribution in [3.05, 3.63) is 58.3 Å². The number of hydrogen-bond acceptors (Lipinski definition) is 4. The molecule has 1 fully saturated rings. The van der Waals surface area contributed by atoms with Gasteiger partial charge < -0.3 is 14.6 Å². The summed E-state index contributed by atoms with van der Waals surface area (Å²) in [5, 5.41) is 0. The highest BCUT2D eigenvalue weighted by Gasteiger charge is 2.33. The van der Waals surface area contributed by atoms with Crippen molar-refractivity contribution in [3.8, 4) is 5.75 Å². The molecular weight excluding hydrogens is 270 g/mol. The first kappa shape index (κ1) is 13.4. The highest BCUT2D eigenvalue weighted by atomic mass is 16.5. The van der Waals surface area contributed by atoms with Gasteiger partial charge in [-0.2, -0.15) is 0 Å². The molecule has 1 saturated heterocycles. The molecule has 0 saturated carbocycles. The van der Waals surface area contributed by atoms with Crippen molar-refractivity contribution in [2.45, 2.75) is 13.0 Å². The van der Waals surface area contributed by atoms with Gasteiger partial charge in [-0.05, 0) is 19.1 Å². The summed E-state index contributed by atoms with van der Waals surface area (Å²) in [7, 11) is 0. The number of aryl methyl sites for hydroxylation is 1. The summed E-state index contributed by atoms with van der Waals surface area (Å²) in [4.78, 5) is 31.4. The van der Waals surface area contributed by atoms with E-state index in [1.54, 1.807) is 4.90 Å². The maximum Gasteiger partial charge on any atom is 0.263 e. The molecular formula is C15H15N3O3. The van der Waals surface area contributed by atoms with Crippen LogP contribution in [0.3, 0.4) is 0 Å². The van der Waals surface area contributed by atoms with Crippen LogP contribution in [0, 0.1) is 6.92 Å². The van der Waals surface area contributed by atoms with Crippen LogP contribution in [0.5, 0.6) is 5.75 Å². The number of likely N-dealkylation sites (tertiary alicyclic amines) is 1. The van der Waals surface area contributed by atoms with Gasteiger partial charge in [-0.1, -0.05) is 17.7 Å². The quantitative estimate of drug-likeness (QED) is 0.912. The number of ether oxygens (including phenoxy) is 1. The molecule has 2 heterocycles. The molecule has 0 bridgehead atoms. The van der Waals surface area contributed by atoms with Crippen molar-refractivity contribution in [1.82, 2.24) is 14.9 Å². The van der Waals surface area contributed by atoms with Crippen LogP contribution in [0.4, 0.5) is 0 Å². The second kappa shape index (κ2) is 5.40. The number of amides is 1. The molecule has 1 amide bonds. The Morgan fingerprint density at radius 1 is 1.33 bits per heavy atom. The van der Waals surface area contributed by atoms with Crippen LogP contribution in [-0.4, -0.2) is 40.0 Å². The number of carbonyl (C=O) groups excluding carboxylic acids is 1. The number of aromatic amines is 1. The van der Waals surface area contributed by atoms with Gasteiger partial charge in [-0.3, -0.25) is 9.59 Å². The number of nitrogens with one attached hydrogen (secondary N) is 1. The normalized spacial score (nSPS) is 14.6. The minimum Gasteiger partial charge on any atom is -0.487 e. The van der Waals surface area contributed by atoms with E-state index in [1.807, 2.05) is 31.2 Å². The van der Waals surface area contributed by atoms with E-state index in [0.29, 0.717) is 13.1 Å². The van der Waals surface area contributed by atoms with Crippen LogP contribution in [0.15, 0.2) is 41.6 Å². The van der Waals surface area contributed by atoms with Crippen molar-refractivity contribution < 1.29 is 9.53 Å². The summed E-state index contributed by atoms with van der Waals surface area (Å²) in [5.41, 5.74) is 0.813. The fraction of sp³-hybridized carbons (Fsp3) is 0.267. The highest BCUT2D eigenvalue weighted by molar-refractivity contribution is 5.94. The smallest absolute Gasteiger partial charge is 0.263 e. The van der Waals surface area contributed by atoms with Crippen molar-refractivity contribution >= 4 is 5.91 Å². The number of carbonyl (C=O) groups is 1. The zero-order valence-corrected chi connectivity index (χ0v) is 11.6. The third-order valence-corrected chi connectivity index (χ3v) is 3.41. The Morgan fingerprint density at radius 3 is 2.71 bits per heavy atom. The lowest BCUT2D eigenvalue weighted by Crippen LogP contribution is -2.56. The third-order valence-electron chi connectivity index (χ3n) is 3.41. The molecule has 0 unspecified atom stereocenters. The molecule has 1 aromatic carbocycles. The summed E-state index contributed by atoms with van der Waals surface area (Å²) >= 11 is 0. The fourth-order valence-corrected chi connectivity index (χ4v) is 2.15. The van der Waals surface area contributed by atoms with E-state index < -0.39 is 5.56 Å². The Balaban J connectivity index is 1.58. The van der Waals surface area contributed by atoms with E-state index in [4.69, 9.17) is 4.74 Å². The van der Waals surface area contributed by atoms with Crippen LogP contribution in [-0.2, 0) is 0 Å². The van der Waals surface area contributed by atoms with Gasteiger partial charge in [0.05, 0.1) is 19.4 Å². The topological polar surface area (TPSA) is 75.3 Å². The zero-order valence-electron chi connectivity index (χ0n) is 11.6. The Labute approximate surface area is 121 Å². The van der Waals surface area contributed by atoms with Crippen molar-refractivity contribution in [2.75, 3.05) is 13.1 Å². The Morgan fingerprint density at radius 2 is 2.05 bits per heavy atom. The van der Waals surface area contributed by atoms with Gasteiger partial charge in [0, 0.05) is 6.20 Å². The van der Waals surface area contributed by atoms with Gasteiger partial charge in [-0.25, -0.2) is 4.98 Å². The van der Waals surface area contributed by atoms with Gasteiger partial charge in [0.25, 0.3) is 11.5 Å². The van der Waals surface area contributed by atoms with Crippen LogP contribution in [0.25, 0.3) is 0 Å². The van der Waals surface area contributed by atoms with E-state index in [1.165, 1.54) is 18.1 Å². The maximum absolute atomic E-state index is 12.1. The number of nitrogens with zero attached hydrogens (tertiary/aromatic N) is 2. The largest absolute Gasteiger partial charge is 0.487 e. The van der Waals surface area contributed by atoms with E-state index in [0.717, 1.165) is 5.75 Å². The molecule has 1 aliphatic heterocycles. The molecule has 21 heavy (non-hydrogen) atoms. The Bertz CT molecular complexity index is 703. The highest BCUT2D eigenvalue weighted by Crippen LogP contribution is 2.19. The molecule has 0 aliphatic carbocycles. The van der Waals surface area contributed by atoms with Crippen molar-refractivity contribution in [2.24, 2.45) is 0 Å². The Kier molecular flexibility index (Phi) is 3.43. The molecule has 6 heteroatoms. The number of H-pyrrole nitrogens is 1. The first-order valence-electron chi connectivity index (χ1n) is 6.69. The van der Waals surface area contributed by atoms with Gasteiger partial charge in [0.1, 0.15) is 17.4 Å². The molecule has 0 atom stereocenters. The van der Waals surface area contributed by atoms with Crippen molar-refractivity contribution in [1.29, 1.82) is 0 Å². The molecule has 1 aromatic heterocycles. The van der Waals surface area contributed by atoms with E-state index in [-0.39, 0.29) is 17.6 Å². The maximum atomic E-state index is 12.1. The molecule has 108 valence electrons. The lowest BCUT2D eigenvalue weighted by molar-refractivity contribution is 0.0176. The Hall–Kier alpha value is -2.63. The van der Waals surface area contributed by atoms with Crippen molar-refractivity contribution in [3.63, 3.8) is 0 Å². The summed E-state index contributed by atoms with van der Waals surface area (Å²) in [6, 6.07) is 7.77. The minimum atomic E-state index is -0.419. The second-order valence-corrected chi connectivity index (χ2v) is 5.06. The van der Waals surface area contributed by atoms with Gasteiger partial charge >= 0.3 is 0 Å². The van der Waals surface area contributed by atoms with Crippen LogP contribution < -0.4 is 10.3 Å². The SMILES string of the molecule is Cc1ccc(OC2CN(C(=O)c3cnc[nH]c3=O)C2)cc1. The number of hydrogen-bond donors (Lipinski definition) is 1. The minimum absolute atomic E-state index is 0.0348. The molecule has 0 radical (unpaired) electrons. The lowest BCUT2D eigenvalue weighted by Gasteiger charge is -2.38. The second-order valence-electron chi connectivity index (χ2n) is 5.06. The van der Waals surface area contributed by atoms with Gasteiger partial charge in [0.2, 0.25) is 0 Å². The van der Waals surface area contributed by atoms with Crippen LogP contribution in [0.2, 0.25) is 0 Å². The summed E-state index contributed by atoms with van der Waals surface area (Å²) < 4.78 is 5.76. The summed E-state index contributed by atoms with van der Waals surface area (Å²) in [6.45, 7) is 2.96. The standard InChI is InChI=1S/C15H15N3O3/c1-10-2-4-11(5-3-10)21-12-7-18(8-12)15(20)13-6-16-9-17-14(13)19/h2-6,9,12H,7-8H2,1H3,(H,16,17,19). The van der Waals surface area contributed by atoms with E-state index >= 15 is 0 Å². The fourth-order valence-electron chi connectivity index (χ4n) is 2.15. The van der Waals surface area contributed by atoms with Crippen LogP contribution in [0.1, 0.15) is 15.9 Å². The zero-order chi connectivity index (χ0) is 14.8. The predicted octanol–water partition coefficient (Wildman–Crippen LogP) is 0.982. The first-order chi connectivity index (χ1) is 10.1. The summed E-state index contributed by atoms with van der Waals surface area (Å²) in [5.74, 6) is 0.477. The van der Waals surface area contributed by atoms with Gasteiger partial charge in [0.15, 0.2) is 0 Å². The first-order valence-corrected chi connectivity index (χ1v) is 6.69. The average molecular weight is 285 g/mol. The summed E-state index contributed by atoms with van der Waals surface area (Å²) in [6.07, 6.45) is 2.51. The van der Waals surface area contributed by atoms with E-state index in [9.17, 15) is 9.59 Å². The number of benzene rings is 1. The molecule has 0 spiro atoms. The van der Waals surface area contributed by atoms with E-state index in [2.05, 4.69) is 9.97 Å². The molecule has 2 aromatic rings. The van der Waals surface area contributed by atoms with Crippen LogP contribution >= 0.6 is 0 Å². The number of rotatable bonds is 3. The molecule has 6 nitrogen and oxygen atoms in total.